The molecule has 1 N–H and O–H groups in total. The van der Waals surface area contributed by atoms with Gasteiger partial charge in [0.15, 0.2) is 0 Å². The zero-order valence-electron chi connectivity index (χ0n) is 12.1. The number of imidazole rings is 1. The lowest BCUT2D eigenvalue weighted by molar-refractivity contribution is -0.114. The molecule has 1 unspecified atom stereocenters. The Morgan fingerprint density at radius 3 is 2.90 bits per heavy atom. The molecule has 3 rings (SSSR count). The molecule has 1 aliphatic rings. The van der Waals surface area contributed by atoms with Crippen LogP contribution in [0.15, 0.2) is 36.7 Å². The fourth-order valence-electron chi connectivity index (χ4n) is 2.63. The molecule has 0 saturated carbocycles. The zero-order valence-corrected chi connectivity index (χ0v) is 12.1. The topological polar surface area (TPSA) is 56.2 Å². The lowest BCUT2D eigenvalue weighted by atomic mass is 10.2. The van der Waals surface area contributed by atoms with Crippen LogP contribution in [-0.2, 0) is 16.1 Å². The van der Waals surface area contributed by atoms with E-state index in [1.807, 2.05) is 36.7 Å². The van der Waals surface area contributed by atoms with Gasteiger partial charge in [0.1, 0.15) is 5.82 Å². The Kier molecular flexibility index (Phi) is 4.01. The smallest absolute Gasteiger partial charge is 0.221 e. The molecule has 0 spiro atoms. The van der Waals surface area contributed by atoms with Gasteiger partial charge in [0.05, 0.1) is 12.6 Å². The van der Waals surface area contributed by atoms with E-state index in [0.29, 0.717) is 0 Å². The number of amides is 1. The Bertz CT molecular complexity index is 613. The Morgan fingerprint density at radius 1 is 1.43 bits per heavy atom. The van der Waals surface area contributed by atoms with Gasteiger partial charge < -0.3 is 14.6 Å². The second kappa shape index (κ2) is 6.10. The van der Waals surface area contributed by atoms with Crippen LogP contribution in [0.4, 0.5) is 5.69 Å². The minimum atomic E-state index is -0.0670. The first kappa shape index (κ1) is 13.8. The van der Waals surface area contributed by atoms with Crippen molar-refractivity contribution in [3.63, 3.8) is 0 Å². The molecule has 1 aromatic carbocycles. The summed E-state index contributed by atoms with van der Waals surface area (Å²) >= 11 is 0. The summed E-state index contributed by atoms with van der Waals surface area (Å²) in [5.74, 6) is 0.863. The molecule has 1 aliphatic heterocycles. The number of rotatable bonds is 4. The molecule has 0 radical (unpaired) electrons. The second-order valence-corrected chi connectivity index (χ2v) is 5.30. The van der Waals surface area contributed by atoms with Crippen molar-refractivity contribution in [3.05, 3.63) is 36.7 Å². The van der Waals surface area contributed by atoms with Gasteiger partial charge in [0, 0.05) is 37.2 Å². The van der Waals surface area contributed by atoms with E-state index in [4.69, 9.17) is 4.74 Å². The van der Waals surface area contributed by atoms with Gasteiger partial charge in [0.25, 0.3) is 0 Å². The van der Waals surface area contributed by atoms with Gasteiger partial charge in [-0.15, -0.1) is 0 Å². The van der Waals surface area contributed by atoms with Crippen LogP contribution in [0.2, 0.25) is 0 Å². The highest BCUT2D eigenvalue weighted by Gasteiger charge is 2.17. The standard InChI is InChI=1S/C16H19N3O2/c1-12(20)18-14-6-4-13(5-7-14)16-17-8-9-19(16)11-15-3-2-10-21-15/h4-9,15H,2-3,10-11H2,1H3,(H,18,20). The molecule has 1 atom stereocenters. The molecule has 1 saturated heterocycles. The minimum Gasteiger partial charge on any atom is -0.376 e. The van der Waals surface area contributed by atoms with Crippen molar-refractivity contribution in [2.75, 3.05) is 11.9 Å². The maximum Gasteiger partial charge on any atom is 0.221 e. The van der Waals surface area contributed by atoms with Gasteiger partial charge in [-0.1, -0.05) is 0 Å². The summed E-state index contributed by atoms with van der Waals surface area (Å²) in [5, 5.41) is 2.76. The summed E-state index contributed by atoms with van der Waals surface area (Å²) in [7, 11) is 0. The van der Waals surface area contributed by atoms with E-state index < -0.39 is 0 Å². The number of hydrogen-bond acceptors (Lipinski definition) is 3. The van der Waals surface area contributed by atoms with Gasteiger partial charge in [-0.05, 0) is 37.1 Å². The van der Waals surface area contributed by atoms with Crippen molar-refractivity contribution in [2.24, 2.45) is 0 Å². The predicted molar refractivity (Wildman–Crippen MR) is 80.9 cm³/mol. The average molecular weight is 285 g/mol. The largest absolute Gasteiger partial charge is 0.376 e. The SMILES string of the molecule is CC(=O)Nc1ccc(-c2nccn2CC2CCCO2)cc1. The third-order valence-electron chi connectivity index (χ3n) is 3.60. The Balaban J connectivity index is 1.77. The lowest BCUT2D eigenvalue weighted by Crippen LogP contribution is -2.15. The average Bonchev–Trinajstić information content (AvgIpc) is 3.11. The van der Waals surface area contributed by atoms with E-state index in [1.165, 1.54) is 6.92 Å². The first-order valence-corrected chi connectivity index (χ1v) is 7.23. The quantitative estimate of drug-likeness (QED) is 0.939. The highest BCUT2D eigenvalue weighted by atomic mass is 16.5. The third kappa shape index (κ3) is 3.31. The Hall–Kier alpha value is -2.14. The van der Waals surface area contributed by atoms with Crippen LogP contribution in [0.1, 0.15) is 19.8 Å². The molecular formula is C16H19N3O2. The second-order valence-electron chi connectivity index (χ2n) is 5.30. The molecule has 1 fully saturated rings. The predicted octanol–water partition coefficient (Wildman–Crippen LogP) is 2.69. The molecular weight excluding hydrogens is 266 g/mol. The minimum absolute atomic E-state index is 0.0670. The number of aromatic nitrogens is 2. The molecule has 1 aromatic heterocycles. The highest BCUT2D eigenvalue weighted by Crippen LogP contribution is 2.22. The number of benzene rings is 1. The summed E-state index contributed by atoms with van der Waals surface area (Å²) in [6.07, 6.45) is 6.33. The van der Waals surface area contributed by atoms with Gasteiger partial charge in [-0.2, -0.15) is 0 Å². The number of nitrogens with zero attached hydrogens (tertiary/aromatic N) is 2. The Labute approximate surface area is 124 Å². The molecule has 21 heavy (non-hydrogen) atoms. The third-order valence-corrected chi connectivity index (χ3v) is 3.60. The van der Waals surface area contributed by atoms with Crippen molar-refractivity contribution >= 4 is 11.6 Å². The van der Waals surface area contributed by atoms with Crippen LogP contribution in [0, 0.1) is 0 Å². The van der Waals surface area contributed by atoms with E-state index >= 15 is 0 Å². The van der Waals surface area contributed by atoms with Crippen LogP contribution in [0.25, 0.3) is 11.4 Å². The van der Waals surface area contributed by atoms with Crippen LogP contribution < -0.4 is 5.32 Å². The number of anilines is 1. The number of carbonyl (C=O) groups excluding carboxylic acids is 1. The molecule has 5 nitrogen and oxygen atoms in total. The maximum absolute atomic E-state index is 11.0. The molecule has 5 heteroatoms. The molecule has 0 bridgehead atoms. The van der Waals surface area contributed by atoms with Gasteiger partial charge >= 0.3 is 0 Å². The van der Waals surface area contributed by atoms with Crippen molar-refractivity contribution in [2.45, 2.75) is 32.4 Å². The van der Waals surface area contributed by atoms with Gasteiger partial charge in [-0.3, -0.25) is 4.79 Å². The monoisotopic (exact) mass is 285 g/mol. The van der Waals surface area contributed by atoms with E-state index in [-0.39, 0.29) is 12.0 Å². The summed E-state index contributed by atoms with van der Waals surface area (Å²) in [5.41, 5.74) is 1.83. The zero-order chi connectivity index (χ0) is 14.7. The fraction of sp³-hybridized carbons (Fsp3) is 0.375. The summed E-state index contributed by atoms with van der Waals surface area (Å²) in [4.78, 5) is 15.5. The van der Waals surface area contributed by atoms with Gasteiger partial charge in [-0.25, -0.2) is 4.98 Å². The van der Waals surface area contributed by atoms with Crippen molar-refractivity contribution in [1.82, 2.24) is 9.55 Å². The van der Waals surface area contributed by atoms with Crippen LogP contribution in [0.3, 0.4) is 0 Å². The summed E-state index contributed by atoms with van der Waals surface area (Å²) in [6, 6.07) is 7.73. The van der Waals surface area contributed by atoms with E-state index in [9.17, 15) is 4.79 Å². The summed E-state index contributed by atoms with van der Waals surface area (Å²) < 4.78 is 7.81. The van der Waals surface area contributed by atoms with Crippen LogP contribution in [0.5, 0.6) is 0 Å². The van der Waals surface area contributed by atoms with E-state index in [2.05, 4.69) is 14.9 Å². The normalized spacial score (nSPS) is 17.9. The Morgan fingerprint density at radius 2 is 2.24 bits per heavy atom. The van der Waals surface area contributed by atoms with Crippen LogP contribution in [-0.4, -0.2) is 28.2 Å². The lowest BCUT2D eigenvalue weighted by Gasteiger charge is -2.13. The number of carbonyl (C=O) groups is 1. The van der Waals surface area contributed by atoms with Crippen molar-refractivity contribution < 1.29 is 9.53 Å². The van der Waals surface area contributed by atoms with E-state index in [0.717, 1.165) is 43.1 Å². The number of nitrogens with one attached hydrogen (secondary N) is 1. The first-order chi connectivity index (χ1) is 10.2. The number of ether oxygens (including phenoxy) is 1. The molecule has 110 valence electrons. The molecule has 1 amide bonds. The van der Waals surface area contributed by atoms with Crippen molar-refractivity contribution in [3.8, 4) is 11.4 Å². The fourth-order valence-corrected chi connectivity index (χ4v) is 2.63. The van der Waals surface area contributed by atoms with E-state index in [1.54, 1.807) is 0 Å². The summed E-state index contributed by atoms with van der Waals surface area (Å²) in [6.45, 7) is 3.20. The highest BCUT2D eigenvalue weighted by molar-refractivity contribution is 5.88. The molecule has 2 heterocycles. The van der Waals surface area contributed by atoms with Gasteiger partial charge in [0.2, 0.25) is 5.91 Å². The molecule has 2 aromatic rings. The number of hydrogen-bond donors (Lipinski definition) is 1. The maximum atomic E-state index is 11.0. The van der Waals surface area contributed by atoms with Crippen LogP contribution >= 0.6 is 0 Å². The first-order valence-electron chi connectivity index (χ1n) is 7.23. The molecule has 0 aliphatic carbocycles. The van der Waals surface area contributed by atoms with Crippen molar-refractivity contribution in [1.29, 1.82) is 0 Å².